The van der Waals surface area contributed by atoms with Crippen LogP contribution in [0.5, 0.6) is 5.75 Å². The van der Waals surface area contributed by atoms with Crippen molar-refractivity contribution in [2.75, 3.05) is 12.4 Å². The summed E-state index contributed by atoms with van der Waals surface area (Å²) in [5, 5.41) is 4.69. The van der Waals surface area contributed by atoms with Gasteiger partial charge in [0.2, 0.25) is 0 Å². The van der Waals surface area contributed by atoms with Crippen LogP contribution in [0.3, 0.4) is 0 Å². The molecule has 0 fully saturated rings. The maximum Gasteiger partial charge on any atom is 0.128 e. The van der Waals surface area contributed by atoms with Crippen molar-refractivity contribution in [3.8, 4) is 5.75 Å². The van der Waals surface area contributed by atoms with Gasteiger partial charge < -0.3 is 10.1 Å². The van der Waals surface area contributed by atoms with Crippen LogP contribution in [0.4, 0.5) is 10.1 Å². The molecule has 0 amide bonds. The molecule has 0 aliphatic carbocycles. The first-order valence-electron chi connectivity index (χ1n) is 7.21. The summed E-state index contributed by atoms with van der Waals surface area (Å²) in [6.07, 6.45) is 0. The topological polar surface area (TPSA) is 34.1 Å². The first-order valence-corrected chi connectivity index (χ1v) is 7.59. The van der Waals surface area contributed by atoms with Gasteiger partial charge in [0.1, 0.15) is 11.6 Å². The van der Waals surface area contributed by atoms with E-state index >= 15 is 0 Å². The highest BCUT2D eigenvalue weighted by molar-refractivity contribution is 6.35. The van der Waals surface area contributed by atoms with Crippen LogP contribution in [-0.2, 0) is 6.54 Å². The number of nitrogens with one attached hydrogen (secondary N) is 1. The number of aryl methyl sites for hydroxylation is 1. The minimum atomic E-state index is -0.287. The number of methoxy groups -OCH3 is 1. The molecule has 1 aromatic heterocycles. The third-order valence-corrected chi connectivity index (χ3v) is 4.17. The number of ether oxygens (including phenoxy) is 1. The van der Waals surface area contributed by atoms with Crippen molar-refractivity contribution in [2.45, 2.75) is 13.5 Å². The summed E-state index contributed by atoms with van der Waals surface area (Å²) in [6, 6.07) is 12.4. The highest BCUT2D eigenvalue weighted by Crippen LogP contribution is 2.32. The van der Waals surface area contributed by atoms with Crippen molar-refractivity contribution in [1.29, 1.82) is 0 Å². The van der Waals surface area contributed by atoms with E-state index in [9.17, 15) is 4.39 Å². The van der Waals surface area contributed by atoms with Crippen molar-refractivity contribution >= 4 is 28.2 Å². The summed E-state index contributed by atoms with van der Waals surface area (Å²) in [7, 11) is 1.56. The standard InChI is InChI=1S/C18H16ClFN2O/c1-11-17(19)18(14-5-3-4-6-16(14)22-11)21-10-12-9-13(23-2)7-8-15(12)20/h3-9H,10H2,1-2H3,(H,21,22). The Morgan fingerprint density at radius 1 is 1.22 bits per heavy atom. The van der Waals surface area contributed by atoms with Gasteiger partial charge in [0.15, 0.2) is 0 Å². The van der Waals surface area contributed by atoms with Gasteiger partial charge in [-0.2, -0.15) is 0 Å². The van der Waals surface area contributed by atoms with Crippen molar-refractivity contribution in [3.63, 3.8) is 0 Å². The second kappa shape index (κ2) is 6.42. The lowest BCUT2D eigenvalue weighted by molar-refractivity contribution is 0.413. The molecule has 5 heteroatoms. The van der Waals surface area contributed by atoms with Crippen LogP contribution in [0.25, 0.3) is 10.9 Å². The number of anilines is 1. The van der Waals surface area contributed by atoms with E-state index in [2.05, 4.69) is 10.3 Å². The van der Waals surface area contributed by atoms with Gasteiger partial charge in [0, 0.05) is 17.5 Å². The molecule has 0 aliphatic heterocycles. The summed E-state index contributed by atoms with van der Waals surface area (Å²) in [5.41, 5.74) is 2.86. The fourth-order valence-corrected chi connectivity index (χ4v) is 2.69. The summed E-state index contributed by atoms with van der Waals surface area (Å²) >= 11 is 6.39. The number of hydrogen-bond donors (Lipinski definition) is 1. The molecule has 23 heavy (non-hydrogen) atoms. The van der Waals surface area contributed by atoms with E-state index in [0.717, 1.165) is 22.3 Å². The molecule has 118 valence electrons. The Labute approximate surface area is 139 Å². The molecule has 2 aromatic carbocycles. The molecule has 0 atom stereocenters. The average molecular weight is 331 g/mol. The molecule has 3 rings (SSSR count). The lowest BCUT2D eigenvalue weighted by atomic mass is 10.1. The Morgan fingerprint density at radius 3 is 2.78 bits per heavy atom. The number of aromatic nitrogens is 1. The number of halogens is 2. The normalized spacial score (nSPS) is 10.8. The van der Waals surface area contributed by atoms with E-state index in [1.165, 1.54) is 6.07 Å². The van der Waals surface area contributed by atoms with E-state index in [0.29, 0.717) is 22.9 Å². The van der Waals surface area contributed by atoms with Crippen LogP contribution in [0.2, 0.25) is 5.02 Å². The molecule has 1 N–H and O–H groups in total. The van der Waals surface area contributed by atoms with Gasteiger partial charge >= 0.3 is 0 Å². The fraction of sp³-hybridized carbons (Fsp3) is 0.167. The third-order valence-electron chi connectivity index (χ3n) is 3.71. The van der Waals surface area contributed by atoms with Crippen LogP contribution < -0.4 is 10.1 Å². The van der Waals surface area contributed by atoms with Crippen LogP contribution in [0.15, 0.2) is 42.5 Å². The third kappa shape index (κ3) is 3.08. The van der Waals surface area contributed by atoms with Crippen molar-refractivity contribution in [1.82, 2.24) is 4.98 Å². The van der Waals surface area contributed by atoms with Crippen LogP contribution in [0.1, 0.15) is 11.3 Å². The number of para-hydroxylation sites is 1. The van der Waals surface area contributed by atoms with Gasteiger partial charge in [-0.25, -0.2) is 4.39 Å². The molecule has 0 unspecified atom stereocenters. The molecule has 0 radical (unpaired) electrons. The molecule has 0 aliphatic rings. The predicted molar refractivity (Wildman–Crippen MR) is 91.8 cm³/mol. The minimum absolute atomic E-state index is 0.287. The monoisotopic (exact) mass is 330 g/mol. The van der Waals surface area contributed by atoms with Crippen LogP contribution in [0, 0.1) is 12.7 Å². The molecule has 3 nitrogen and oxygen atoms in total. The minimum Gasteiger partial charge on any atom is -0.497 e. The molecule has 3 aromatic rings. The SMILES string of the molecule is COc1ccc(F)c(CNc2c(Cl)c(C)nc3ccccc23)c1. The summed E-state index contributed by atoms with van der Waals surface area (Å²) in [6.45, 7) is 2.16. The lowest BCUT2D eigenvalue weighted by Crippen LogP contribution is -2.04. The van der Waals surface area contributed by atoms with Crippen LogP contribution in [-0.4, -0.2) is 12.1 Å². The second-order valence-electron chi connectivity index (χ2n) is 5.21. The van der Waals surface area contributed by atoms with Gasteiger partial charge in [-0.1, -0.05) is 29.8 Å². The van der Waals surface area contributed by atoms with Crippen molar-refractivity contribution in [2.24, 2.45) is 0 Å². The van der Waals surface area contributed by atoms with E-state index in [1.807, 2.05) is 31.2 Å². The number of nitrogens with zero attached hydrogens (tertiary/aromatic N) is 1. The zero-order valence-corrected chi connectivity index (χ0v) is 13.6. The molecular weight excluding hydrogens is 315 g/mol. The lowest BCUT2D eigenvalue weighted by Gasteiger charge is -2.14. The second-order valence-corrected chi connectivity index (χ2v) is 5.59. The Morgan fingerprint density at radius 2 is 2.00 bits per heavy atom. The van der Waals surface area contributed by atoms with Gasteiger partial charge in [0.05, 0.1) is 29.0 Å². The van der Waals surface area contributed by atoms with E-state index in [-0.39, 0.29) is 5.82 Å². The van der Waals surface area contributed by atoms with E-state index < -0.39 is 0 Å². The molecule has 0 saturated carbocycles. The van der Waals surface area contributed by atoms with Gasteiger partial charge in [-0.3, -0.25) is 4.98 Å². The van der Waals surface area contributed by atoms with Gasteiger partial charge in [0.25, 0.3) is 0 Å². The highest BCUT2D eigenvalue weighted by atomic mass is 35.5. The van der Waals surface area contributed by atoms with E-state index in [4.69, 9.17) is 16.3 Å². The Balaban J connectivity index is 1.98. The summed E-state index contributed by atoms with van der Waals surface area (Å²) in [4.78, 5) is 4.47. The quantitative estimate of drug-likeness (QED) is 0.734. The summed E-state index contributed by atoms with van der Waals surface area (Å²) < 4.78 is 19.1. The van der Waals surface area contributed by atoms with Crippen LogP contribution >= 0.6 is 11.6 Å². The van der Waals surface area contributed by atoms with Gasteiger partial charge in [-0.05, 0) is 31.2 Å². The largest absolute Gasteiger partial charge is 0.497 e. The van der Waals surface area contributed by atoms with Crippen molar-refractivity contribution in [3.05, 3.63) is 64.6 Å². The Kier molecular flexibility index (Phi) is 4.35. The number of fused-ring (bicyclic) bond motifs is 1. The molecular formula is C18H16ClFN2O. The zero-order chi connectivity index (χ0) is 16.4. The van der Waals surface area contributed by atoms with Gasteiger partial charge in [-0.15, -0.1) is 0 Å². The van der Waals surface area contributed by atoms with Crippen molar-refractivity contribution < 1.29 is 9.13 Å². The maximum absolute atomic E-state index is 14.0. The fourth-order valence-electron chi connectivity index (χ4n) is 2.48. The molecule has 1 heterocycles. The summed E-state index contributed by atoms with van der Waals surface area (Å²) in [5.74, 6) is 0.328. The highest BCUT2D eigenvalue weighted by Gasteiger charge is 2.12. The zero-order valence-electron chi connectivity index (χ0n) is 12.9. The first-order chi connectivity index (χ1) is 11.1. The Bertz CT molecular complexity index is 867. The number of hydrogen-bond acceptors (Lipinski definition) is 3. The molecule has 0 bridgehead atoms. The molecule has 0 saturated heterocycles. The number of pyridine rings is 1. The first kappa shape index (κ1) is 15.6. The number of rotatable bonds is 4. The predicted octanol–water partition coefficient (Wildman–Crippen LogP) is 4.96. The maximum atomic E-state index is 14.0. The average Bonchev–Trinajstić information content (AvgIpc) is 2.56. The molecule has 0 spiro atoms. The number of benzene rings is 2. The smallest absolute Gasteiger partial charge is 0.128 e. The Hall–Kier alpha value is -2.33. The van der Waals surface area contributed by atoms with E-state index in [1.54, 1.807) is 19.2 Å².